The summed E-state index contributed by atoms with van der Waals surface area (Å²) in [6, 6.07) is 5.59. The third-order valence-corrected chi connectivity index (χ3v) is 2.52. The van der Waals surface area contributed by atoms with Gasteiger partial charge in [-0.25, -0.2) is 9.97 Å². The maximum absolute atomic E-state index is 6.05. The van der Waals surface area contributed by atoms with Crippen LogP contribution >= 0.6 is 11.6 Å². The molecule has 0 bridgehead atoms. The number of pyridine rings is 1. The van der Waals surface area contributed by atoms with Crippen LogP contribution in [0.1, 0.15) is 5.69 Å². The third kappa shape index (κ3) is 1.18. The minimum absolute atomic E-state index is 0.463. The molecule has 0 aliphatic heterocycles. The number of fused-ring (bicyclic) bond motifs is 3. The predicted octanol–water partition coefficient (Wildman–Crippen LogP) is 2.24. The number of hydrogen-bond donors (Lipinski definition) is 0. The number of nitrogens with zero attached hydrogens (tertiary/aromatic N) is 4. The predicted molar refractivity (Wildman–Crippen MR) is 58.0 cm³/mol. The molecule has 0 aliphatic carbocycles. The van der Waals surface area contributed by atoms with Crippen molar-refractivity contribution in [2.24, 2.45) is 0 Å². The Morgan fingerprint density at radius 1 is 1.40 bits per heavy atom. The molecule has 74 valence electrons. The van der Waals surface area contributed by atoms with Crippen molar-refractivity contribution in [1.82, 2.24) is 19.6 Å². The topological polar surface area (TPSA) is 43.1 Å². The Balaban J connectivity index is 2.62. The summed E-state index contributed by atoms with van der Waals surface area (Å²) in [4.78, 5) is 8.51. The smallest absolute Gasteiger partial charge is 0.166 e. The standard InChI is InChI=1S/C10H7ClN4/c1-6-5-8-13-9(11)7-3-2-4-12-10(7)15(8)14-6/h2-5H,1H3. The highest BCUT2D eigenvalue weighted by Gasteiger charge is 2.08. The number of aromatic nitrogens is 4. The largest absolute Gasteiger partial charge is 0.236 e. The number of rotatable bonds is 0. The highest BCUT2D eigenvalue weighted by atomic mass is 35.5. The van der Waals surface area contributed by atoms with E-state index < -0.39 is 0 Å². The quantitative estimate of drug-likeness (QED) is 0.544. The van der Waals surface area contributed by atoms with Crippen molar-refractivity contribution < 1.29 is 0 Å². The second-order valence-electron chi connectivity index (χ2n) is 3.33. The average Bonchev–Trinajstić information content (AvgIpc) is 2.59. The first-order valence-corrected chi connectivity index (χ1v) is 4.90. The fourth-order valence-electron chi connectivity index (χ4n) is 1.61. The van der Waals surface area contributed by atoms with E-state index in [0.717, 1.165) is 22.4 Å². The van der Waals surface area contributed by atoms with Gasteiger partial charge in [-0.15, -0.1) is 0 Å². The normalized spacial score (nSPS) is 11.3. The van der Waals surface area contributed by atoms with Crippen LogP contribution in [-0.4, -0.2) is 19.6 Å². The molecule has 15 heavy (non-hydrogen) atoms. The minimum Gasteiger partial charge on any atom is -0.236 e. The van der Waals surface area contributed by atoms with Crippen molar-refractivity contribution in [2.45, 2.75) is 6.92 Å². The molecule has 3 rings (SSSR count). The van der Waals surface area contributed by atoms with E-state index in [4.69, 9.17) is 11.6 Å². The van der Waals surface area contributed by atoms with E-state index >= 15 is 0 Å². The van der Waals surface area contributed by atoms with Crippen LogP contribution in [0.4, 0.5) is 0 Å². The minimum atomic E-state index is 0.463. The Labute approximate surface area is 90.5 Å². The van der Waals surface area contributed by atoms with E-state index in [1.807, 2.05) is 25.1 Å². The monoisotopic (exact) mass is 218 g/mol. The molecular formula is C10H7ClN4. The summed E-state index contributed by atoms with van der Waals surface area (Å²) in [6.07, 6.45) is 1.72. The lowest BCUT2D eigenvalue weighted by atomic mass is 10.3. The number of halogens is 1. The summed E-state index contributed by atoms with van der Waals surface area (Å²) in [7, 11) is 0. The molecule has 5 heteroatoms. The molecular weight excluding hydrogens is 212 g/mol. The van der Waals surface area contributed by atoms with Gasteiger partial charge in [0.15, 0.2) is 11.3 Å². The van der Waals surface area contributed by atoms with E-state index in [1.165, 1.54) is 0 Å². The summed E-state index contributed by atoms with van der Waals surface area (Å²) >= 11 is 6.05. The molecule has 3 aromatic heterocycles. The van der Waals surface area contributed by atoms with E-state index in [9.17, 15) is 0 Å². The Hall–Kier alpha value is -1.68. The highest BCUT2D eigenvalue weighted by Crippen LogP contribution is 2.20. The van der Waals surface area contributed by atoms with Crippen molar-refractivity contribution in [3.63, 3.8) is 0 Å². The van der Waals surface area contributed by atoms with Gasteiger partial charge in [0.05, 0.1) is 11.1 Å². The lowest BCUT2D eigenvalue weighted by Gasteiger charge is -2.00. The molecule has 0 aromatic carbocycles. The van der Waals surface area contributed by atoms with Crippen molar-refractivity contribution in [2.75, 3.05) is 0 Å². The van der Waals surface area contributed by atoms with Gasteiger partial charge < -0.3 is 0 Å². The molecule has 0 spiro atoms. The van der Waals surface area contributed by atoms with Gasteiger partial charge in [-0.05, 0) is 19.1 Å². The first-order chi connectivity index (χ1) is 7.25. The molecule has 0 N–H and O–H groups in total. The van der Waals surface area contributed by atoms with Crippen LogP contribution in [-0.2, 0) is 0 Å². The average molecular weight is 219 g/mol. The van der Waals surface area contributed by atoms with E-state index in [1.54, 1.807) is 10.7 Å². The van der Waals surface area contributed by atoms with Crippen LogP contribution in [0.15, 0.2) is 24.4 Å². The van der Waals surface area contributed by atoms with Crippen LogP contribution in [0, 0.1) is 6.92 Å². The molecule has 3 aromatic rings. The molecule has 4 nitrogen and oxygen atoms in total. The summed E-state index contributed by atoms with van der Waals surface area (Å²) in [6.45, 7) is 1.91. The van der Waals surface area contributed by atoms with Crippen molar-refractivity contribution in [1.29, 1.82) is 0 Å². The zero-order valence-electron chi connectivity index (χ0n) is 7.98. The zero-order valence-corrected chi connectivity index (χ0v) is 8.73. The summed E-state index contributed by atoms with van der Waals surface area (Å²) < 4.78 is 1.70. The van der Waals surface area contributed by atoms with Gasteiger partial charge in [0.1, 0.15) is 5.15 Å². The molecule has 0 saturated carbocycles. The molecule has 0 unspecified atom stereocenters. The summed E-state index contributed by atoms with van der Waals surface area (Å²) in [5.74, 6) is 0. The molecule has 3 heterocycles. The Bertz CT molecular complexity index is 659. The third-order valence-electron chi connectivity index (χ3n) is 2.23. The second-order valence-corrected chi connectivity index (χ2v) is 3.69. The number of hydrogen-bond acceptors (Lipinski definition) is 3. The number of aryl methyl sites for hydroxylation is 1. The highest BCUT2D eigenvalue weighted by molar-refractivity contribution is 6.34. The summed E-state index contributed by atoms with van der Waals surface area (Å²) in [5.41, 5.74) is 2.36. The Morgan fingerprint density at radius 2 is 2.27 bits per heavy atom. The van der Waals surface area contributed by atoms with Crippen molar-refractivity contribution in [3.05, 3.63) is 35.2 Å². The van der Waals surface area contributed by atoms with Crippen LogP contribution in [0.5, 0.6) is 0 Å². The van der Waals surface area contributed by atoms with Gasteiger partial charge in [-0.3, -0.25) is 0 Å². The van der Waals surface area contributed by atoms with Crippen LogP contribution in [0.25, 0.3) is 16.7 Å². The fourth-order valence-corrected chi connectivity index (χ4v) is 1.84. The van der Waals surface area contributed by atoms with Gasteiger partial charge in [0.25, 0.3) is 0 Å². The molecule has 0 fully saturated rings. The molecule has 0 aliphatic rings. The Kier molecular flexibility index (Phi) is 1.67. The van der Waals surface area contributed by atoms with Crippen LogP contribution in [0.3, 0.4) is 0 Å². The first-order valence-electron chi connectivity index (χ1n) is 4.52. The van der Waals surface area contributed by atoms with Crippen molar-refractivity contribution >= 4 is 28.3 Å². The van der Waals surface area contributed by atoms with Gasteiger partial charge in [0.2, 0.25) is 0 Å². The summed E-state index contributed by atoms with van der Waals surface area (Å²) in [5, 5.41) is 5.59. The van der Waals surface area contributed by atoms with Crippen LogP contribution in [0.2, 0.25) is 5.15 Å². The second kappa shape index (κ2) is 2.90. The van der Waals surface area contributed by atoms with Crippen LogP contribution < -0.4 is 0 Å². The van der Waals surface area contributed by atoms with Gasteiger partial charge in [-0.1, -0.05) is 11.6 Å². The van der Waals surface area contributed by atoms with Gasteiger partial charge in [-0.2, -0.15) is 9.61 Å². The fraction of sp³-hybridized carbons (Fsp3) is 0.100. The first kappa shape index (κ1) is 8.61. The van der Waals surface area contributed by atoms with E-state index in [-0.39, 0.29) is 0 Å². The Morgan fingerprint density at radius 3 is 3.13 bits per heavy atom. The lowest BCUT2D eigenvalue weighted by molar-refractivity contribution is 0.939. The molecule has 0 radical (unpaired) electrons. The molecule has 0 saturated heterocycles. The molecule has 0 atom stereocenters. The zero-order chi connectivity index (χ0) is 10.4. The molecule has 0 amide bonds. The van der Waals surface area contributed by atoms with E-state index in [2.05, 4.69) is 15.1 Å². The maximum Gasteiger partial charge on any atom is 0.166 e. The van der Waals surface area contributed by atoms with Gasteiger partial charge in [0, 0.05) is 12.3 Å². The maximum atomic E-state index is 6.05. The lowest BCUT2D eigenvalue weighted by Crippen LogP contribution is -1.96. The van der Waals surface area contributed by atoms with Gasteiger partial charge >= 0.3 is 0 Å². The SMILES string of the molecule is Cc1cc2nc(Cl)c3cccnc3n2n1. The van der Waals surface area contributed by atoms with E-state index in [0.29, 0.717) is 5.15 Å². The van der Waals surface area contributed by atoms with Crippen molar-refractivity contribution in [3.8, 4) is 0 Å².